The molecule has 0 nitrogen and oxygen atoms in total. The molecule has 0 aromatic heterocycles. The summed E-state index contributed by atoms with van der Waals surface area (Å²) in [7, 11) is 0. The summed E-state index contributed by atoms with van der Waals surface area (Å²) in [4.78, 5) is 0. The molecule has 0 heteroatoms. The lowest BCUT2D eigenvalue weighted by molar-refractivity contribution is 0.200. The standard InChI is InChI=1S/C18H36/c1-17(2,3)12-10-15-8-7-9-16(14-15)11-13-18(4,5)6/h15-16H,7-14H2,1-6H3. The molecule has 2 atom stereocenters. The molecule has 2 unspecified atom stereocenters. The molecule has 1 fully saturated rings. The number of rotatable bonds is 4. The summed E-state index contributed by atoms with van der Waals surface area (Å²) in [5.74, 6) is 2.06. The van der Waals surface area contributed by atoms with Gasteiger partial charge in [-0.1, -0.05) is 60.8 Å². The zero-order valence-electron chi connectivity index (χ0n) is 13.8. The average Bonchev–Trinajstić information content (AvgIpc) is 2.22. The van der Waals surface area contributed by atoms with Crippen LogP contribution < -0.4 is 0 Å². The van der Waals surface area contributed by atoms with Crippen molar-refractivity contribution in [3.05, 3.63) is 0 Å². The molecule has 1 aliphatic rings. The first-order valence-corrected chi connectivity index (χ1v) is 8.16. The Kier molecular flexibility index (Phi) is 5.74. The molecule has 0 spiro atoms. The average molecular weight is 252 g/mol. The van der Waals surface area contributed by atoms with E-state index in [1.165, 1.54) is 51.4 Å². The first-order chi connectivity index (χ1) is 8.16. The van der Waals surface area contributed by atoms with Gasteiger partial charge in [-0.05, 0) is 54.8 Å². The van der Waals surface area contributed by atoms with E-state index in [0.29, 0.717) is 10.8 Å². The predicted octanol–water partition coefficient (Wildman–Crippen LogP) is 6.45. The Labute approximate surface area is 116 Å². The van der Waals surface area contributed by atoms with Gasteiger partial charge < -0.3 is 0 Å². The van der Waals surface area contributed by atoms with Crippen LogP contribution in [0.3, 0.4) is 0 Å². The topological polar surface area (TPSA) is 0 Å². The van der Waals surface area contributed by atoms with E-state index in [1.54, 1.807) is 0 Å². The van der Waals surface area contributed by atoms with Crippen LogP contribution in [0.5, 0.6) is 0 Å². The van der Waals surface area contributed by atoms with Gasteiger partial charge in [0.1, 0.15) is 0 Å². The van der Waals surface area contributed by atoms with Gasteiger partial charge in [-0.2, -0.15) is 0 Å². The van der Waals surface area contributed by atoms with Crippen LogP contribution in [0.15, 0.2) is 0 Å². The third-order valence-electron chi connectivity index (χ3n) is 4.50. The maximum atomic E-state index is 2.38. The maximum Gasteiger partial charge on any atom is -0.0383 e. The van der Waals surface area contributed by atoms with Crippen LogP contribution in [0.1, 0.15) is 92.9 Å². The molecule has 0 heterocycles. The van der Waals surface area contributed by atoms with E-state index in [-0.39, 0.29) is 0 Å². The number of hydrogen-bond acceptors (Lipinski definition) is 0. The first-order valence-electron chi connectivity index (χ1n) is 8.16. The van der Waals surface area contributed by atoms with Gasteiger partial charge in [-0.25, -0.2) is 0 Å². The summed E-state index contributed by atoms with van der Waals surface area (Å²) in [6, 6.07) is 0. The summed E-state index contributed by atoms with van der Waals surface area (Å²) in [6.07, 6.45) is 11.8. The molecule has 0 amide bonds. The van der Waals surface area contributed by atoms with Gasteiger partial charge in [-0.3, -0.25) is 0 Å². The fourth-order valence-corrected chi connectivity index (χ4v) is 3.20. The zero-order chi connectivity index (χ0) is 13.8. The van der Waals surface area contributed by atoms with Crippen molar-refractivity contribution in [1.29, 1.82) is 0 Å². The third-order valence-corrected chi connectivity index (χ3v) is 4.50. The highest BCUT2D eigenvalue weighted by atomic mass is 14.3. The smallest absolute Gasteiger partial charge is 0.0383 e. The highest BCUT2D eigenvalue weighted by molar-refractivity contribution is 4.76. The normalized spacial score (nSPS) is 26.3. The monoisotopic (exact) mass is 252 g/mol. The molecule has 0 saturated heterocycles. The molecule has 0 aromatic rings. The molecule has 108 valence electrons. The van der Waals surface area contributed by atoms with Crippen molar-refractivity contribution in [3.8, 4) is 0 Å². The van der Waals surface area contributed by atoms with E-state index in [1.807, 2.05) is 0 Å². The van der Waals surface area contributed by atoms with Gasteiger partial charge in [0, 0.05) is 0 Å². The Bertz CT molecular complexity index is 201. The van der Waals surface area contributed by atoms with Crippen molar-refractivity contribution in [1.82, 2.24) is 0 Å². The van der Waals surface area contributed by atoms with Crippen LogP contribution in [-0.4, -0.2) is 0 Å². The quantitative estimate of drug-likeness (QED) is 0.539. The molecule has 18 heavy (non-hydrogen) atoms. The summed E-state index contributed by atoms with van der Waals surface area (Å²) in [6.45, 7) is 14.3. The van der Waals surface area contributed by atoms with Crippen LogP contribution in [0.25, 0.3) is 0 Å². The Balaban J connectivity index is 2.28. The molecule has 0 aromatic carbocycles. The second-order valence-corrected chi connectivity index (χ2v) is 9.10. The van der Waals surface area contributed by atoms with Gasteiger partial charge in [0.05, 0.1) is 0 Å². The van der Waals surface area contributed by atoms with Crippen molar-refractivity contribution >= 4 is 0 Å². The van der Waals surface area contributed by atoms with Crippen LogP contribution in [0.2, 0.25) is 0 Å². The van der Waals surface area contributed by atoms with Gasteiger partial charge in [0.15, 0.2) is 0 Å². The Morgan fingerprint density at radius 2 is 1.11 bits per heavy atom. The van der Waals surface area contributed by atoms with Gasteiger partial charge in [0.2, 0.25) is 0 Å². The molecule has 1 aliphatic carbocycles. The van der Waals surface area contributed by atoms with Crippen LogP contribution >= 0.6 is 0 Å². The fourth-order valence-electron chi connectivity index (χ4n) is 3.20. The molecule has 0 bridgehead atoms. The zero-order valence-corrected chi connectivity index (χ0v) is 13.8. The van der Waals surface area contributed by atoms with Crippen LogP contribution in [-0.2, 0) is 0 Å². The highest BCUT2D eigenvalue weighted by Gasteiger charge is 2.24. The van der Waals surface area contributed by atoms with Crippen molar-refractivity contribution < 1.29 is 0 Å². The van der Waals surface area contributed by atoms with Crippen molar-refractivity contribution in [2.24, 2.45) is 22.7 Å². The summed E-state index contributed by atoms with van der Waals surface area (Å²) in [5.41, 5.74) is 1.05. The second-order valence-electron chi connectivity index (χ2n) is 9.10. The SMILES string of the molecule is CC(C)(C)CCC1CCCC(CCC(C)(C)C)C1. The molecule has 0 N–H and O–H groups in total. The minimum Gasteiger partial charge on any atom is -0.0602 e. The Morgan fingerprint density at radius 1 is 0.722 bits per heavy atom. The van der Waals surface area contributed by atoms with E-state index in [9.17, 15) is 0 Å². The number of hydrogen-bond donors (Lipinski definition) is 0. The summed E-state index contributed by atoms with van der Waals surface area (Å²) >= 11 is 0. The molecule has 1 saturated carbocycles. The lowest BCUT2D eigenvalue weighted by atomic mass is 9.74. The summed E-state index contributed by atoms with van der Waals surface area (Å²) < 4.78 is 0. The van der Waals surface area contributed by atoms with Crippen molar-refractivity contribution in [2.45, 2.75) is 92.9 Å². The molecule has 0 radical (unpaired) electrons. The summed E-state index contributed by atoms with van der Waals surface area (Å²) in [5, 5.41) is 0. The molecular formula is C18H36. The Morgan fingerprint density at radius 3 is 1.44 bits per heavy atom. The van der Waals surface area contributed by atoms with Crippen LogP contribution in [0, 0.1) is 22.7 Å². The van der Waals surface area contributed by atoms with E-state index in [0.717, 1.165) is 11.8 Å². The second kappa shape index (κ2) is 6.44. The van der Waals surface area contributed by atoms with Crippen molar-refractivity contribution in [2.75, 3.05) is 0 Å². The van der Waals surface area contributed by atoms with Crippen LogP contribution in [0.4, 0.5) is 0 Å². The largest absolute Gasteiger partial charge is 0.0602 e. The van der Waals surface area contributed by atoms with E-state index in [2.05, 4.69) is 41.5 Å². The highest BCUT2D eigenvalue weighted by Crippen LogP contribution is 2.38. The van der Waals surface area contributed by atoms with Gasteiger partial charge in [0.25, 0.3) is 0 Å². The molecular weight excluding hydrogens is 216 g/mol. The first kappa shape index (κ1) is 16.1. The van der Waals surface area contributed by atoms with E-state index in [4.69, 9.17) is 0 Å². The third kappa shape index (κ3) is 7.44. The van der Waals surface area contributed by atoms with Gasteiger partial charge >= 0.3 is 0 Å². The maximum absolute atomic E-state index is 2.38. The Hall–Kier alpha value is 0. The predicted molar refractivity (Wildman–Crippen MR) is 82.8 cm³/mol. The van der Waals surface area contributed by atoms with Crippen molar-refractivity contribution in [3.63, 3.8) is 0 Å². The van der Waals surface area contributed by atoms with E-state index < -0.39 is 0 Å². The molecule has 0 aliphatic heterocycles. The van der Waals surface area contributed by atoms with E-state index >= 15 is 0 Å². The fraction of sp³-hybridized carbons (Fsp3) is 1.00. The molecule has 1 rings (SSSR count). The minimum atomic E-state index is 0.526. The van der Waals surface area contributed by atoms with Gasteiger partial charge in [-0.15, -0.1) is 0 Å². The minimum absolute atomic E-state index is 0.526. The lowest BCUT2D eigenvalue weighted by Gasteiger charge is -2.32. The lowest BCUT2D eigenvalue weighted by Crippen LogP contribution is -2.19.